The summed E-state index contributed by atoms with van der Waals surface area (Å²) in [5.41, 5.74) is 3.05. The van der Waals surface area contributed by atoms with Crippen LogP contribution in [0.2, 0.25) is 5.02 Å². The van der Waals surface area contributed by atoms with E-state index in [1.54, 1.807) is 53.1 Å². The van der Waals surface area contributed by atoms with Gasteiger partial charge in [0.05, 0.1) is 12.8 Å². The van der Waals surface area contributed by atoms with Crippen molar-refractivity contribution in [3.05, 3.63) is 94.3 Å². The number of furan rings is 1. The van der Waals surface area contributed by atoms with E-state index in [-0.39, 0.29) is 18.4 Å². The lowest BCUT2D eigenvalue weighted by molar-refractivity contribution is -0.126. The van der Waals surface area contributed by atoms with E-state index in [0.717, 1.165) is 16.7 Å². The van der Waals surface area contributed by atoms with Gasteiger partial charge in [-0.1, -0.05) is 47.5 Å². The number of aryl methyl sites for hydroxylation is 1. The summed E-state index contributed by atoms with van der Waals surface area (Å²) in [6, 6.07) is 18.5. The Labute approximate surface area is 208 Å². The van der Waals surface area contributed by atoms with Crippen LogP contribution in [0.5, 0.6) is 0 Å². The topological polar surface area (TPSA) is 80.4 Å². The van der Waals surface area contributed by atoms with Crippen molar-refractivity contribution in [3.63, 3.8) is 0 Å². The lowest BCUT2D eigenvalue weighted by Crippen LogP contribution is -2.64. The molecular weight excluding hydrogens is 464 g/mol. The smallest absolute Gasteiger partial charge is 0.277 e. The number of benzene rings is 2. The summed E-state index contributed by atoms with van der Waals surface area (Å²) in [5.74, 6) is -0.0663. The first-order chi connectivity index (χ1) is 16.8. The van der Waals surface area contributed by atoms with Gasteiger partial charge in [-0.25, -0.2) is 0 Å². The number of fused-ring (bicyclic) bond motifs is 1. The predicted octanol–water partition coefficient (Wildman–Crippen LogP) is 5.15. The third-order valence-corrected chi connectivity index (χ3v) is 6.84. The average molecular weight is 489 g/mol. The van der Waals surface area contributed by atoms with Crippen LogP contribution in [-0.2, 0) is 17.9 Å². The number of anilines is 1. The van der Waals surface area contributed by atoms with E-state index in [2.05, 4.69) is 10.4 Å². The Morgan fingerprint density at radius 1 is 1.14 bits per heavy atom. The van der Waals surface area contributed by atoms with E-state index >= 15 is 0 Å². The van der Waals surface area contributed by atoms with Gasteiger partial charge in [0, 0.05) is 23.3 Å². The Balaban J connectivity index is 1.57. The van der Waals surface area contributed by atoms with Gasteiger partial charge in [0.1, 0.15) is 16.9 Å². The first-order valence-corrected chi connectivity index (χ1v) is 11.7. The molecule has 1 aliphatic rings. The number of carbonyl (C=O) groups excluding carboxylic acids is 2. The van der Waals surface area contributed by atoms with Crippen LogP contribution in [0.15, 0.2) is 71.3 Å². The molecule has 5 rings (SSSR count). The molecule has 1 atom stereocenters. The van der Waals surface area contributed by atoms with Crippen LogP contribution in [0.1, 0.15) is 34.1 Å². The largest absolute Gasteiger partial charge is 0.463 e. The summed E-state index contributed by atoms with van der Waals surface area (Å²) in [6.07, 6.45) is 1.56. The van der Waals surface area contributed by atoms with E-state index in [0.29, 0.717) is 34.4 Å². The van der Waals surface area contributed by atoms with Gasteiger partial charge in [-0.3, -0.25) is 19.2 Å². The van der Waals surface area contributed by atoms with E-state index in [1.165, 1.54) is 0 Å². The Bertz CT molecular complexity index is 1430. The molecule has 0 fully saturated rings. The zero-order valence-electron chi connectivity index (χ0n) is 19.7. The van der Waals surface area contributed by atoms with Crippen molar-refractivity contribution < 1.29 is 14.0 Å². The van der Waals surface area contributed by atoms with Crippen molar-refractivity contribution in [2.24, 2.45) is 0 Å². The Hall–Kier alpha value is -3.84. The Morgan fingerprint density at radius 2 is 1.94 bits per heavy atom. The second-order valence-electron chi connectivity index (χ2n) is 9.02. The molecule has 0 unspecified atom stereocenters. The molecule has 4 aromatic rings. The molecule has 7 nitrogen and oxygen atoms in total. The highest BCUT2D eigenvalue weighted by molar-refractivity contribution is 6.32. The molecule has 8 heteroatoms. The van der Waals surface area contributed by atoms with Crippen LogP contribution in [0.3, 0.4) is 0 Å². The van der Waals surface area contributed by atoms with Gasteiger partial charge in [-0.05, 0) is 56.2 Å². The van der Waals surface area contributed by atoms with Crippen molar-refractivity contribution in [1.82, 2.24) is 15.1 Å². The second-order valence-corrected chi connectivity index (χ2v) is 9.43. The molecule has 0 saturated heterocycles. The molecule has 0 bridgehead atoms. The van der Waals surface area contributed by atoms with Gasteiger partial charge in [0.25, 0.3) is 5.91 Å². The monoisotopic (exact) mass is 488 g/mol. The normalized spacial score (nSPS) is 17.4. The lowest BCUT2D eigenvalue weighted by Gasteiger charge is -2.43. The van der Waals surface area contributed by atoms with Gasteiger partial charge >= 0.3 is 0 Å². The summed E-state index contributed by atoms with van der Waals surface area (Å²) in [5, 5.41) is 8.14. The van der Waals surface area contributed by atoms with Crippen LogP contribution in [0.4, 0.5) is 5.69 Å². The number of nitrogens with zero attached hydrogens (tertiary/aromatic N) is 3. The molecule has 35 heavy (non-hydrogen) atoms. The average Bonchev–Trinajstić information content (AvgIpc) is 3.50. The highest BCUT2D eigenvalue weighted by atomic mass is 35.5. The van der Waals surface area contributed by atoms with Crippen molar-refractivity contribution in [2.45, 2.75) is 39.4 Å². The van der Waals surface area contributed by atoms with Crippen molar-refractivity contribution in [2.75, 3.05) is 4.90 Å². The van der Waals surface area contributed by atoms with Crippen LogP contribution in [-0.4, -0.2) is 27.1 Å². The van der Waals surface area contributed by atoms with Crippen molar-refractivity contribution in [1.29, 1.82) is 0 Å². The molecule has 2 aromatic carbocycles. The SMILES string of the molecule is Cc1cccc(CNC(=O)[C@@]2(C)Cn3nc(-c4ccco4)cc3C(=O)N2c2cccc(Cl)c2C)c1. The molecule has 1 aliphatic heterocycles. The van der Waals surface area contributed by atoms with E-state index in [1.807, 2.05) is 44.2 Å². The first-order valence-electron chi connectivity index (χ1n) is 11.3. The van der Waals surface area contributed by atoms with Crippen LogP contribution >= 0.6 is 11.6 Å². The molecule has 1 N–H and O–H groups in total. The molecule has 0 spiro atoms. The molecule has 0 radical (unpaired) electrons. The Kier molecular flexibility index (Phi) is 5.73. The fourth-order valence-electron chi connectivity index (χ4n) is 4.54. The maximum atomic E-state index is 13.9. The third kappa shape index (κ3) is 4.02. The van der Waals surface area contributed by atoms with Crippen molar-refractivity contribution in [3.8, 4) is 11.5 Å². The second kappa shape index (κ2) is 8.74. The minimum atomic E-state index is -1.25. The minimum Gasteiger partial charge on any atom is -0.463 e. The van der Waals surface area contributed by atoms with Gasteiger partial charge in [-0.2, -0.15) is 5.10 Å². The predicted molar refractivity (Wildman–Crippen MR) is 134 cm³/mol. The van der Waals surface area contributed by atoms with E-state index < -0.39 is 5.54 Å². The summed E-state index contributed by atoms with van der Waals surface area (Å²) in [4.78, 5) is 29.2. The molecule has 178 valence electrons. The van der Waals surface area contributed by atoms with Gasteiger partial charge in [-0.15, -0.1) is 0 Å². The number of hydrogen-bond donors (Lipinski definition) is 1. The number of hydrogen-bond acceptors (Lipinski definition) is 4. The summed E-state index contributed by atoms with van der Waals surface area (Å²) < 4.78 is 7.06. The highest BCUT2D eigenvalue weighted by Crippen LogP contribution is 2.37. The summed E-state index contributed by atoms with van der Waals surface area (Å²) in [6.45, 7) is 6.12. The van der Waals surface area contributed by atoms with Gasteiger partial charge in [0.2, 0.25) is 5.91 Å². The number of rotatable bonds is 5. The number of aromatic nitrogens is 2. The number of nitrogens with one attached hydrogen (secondary N) is 1. The van der Waals surface area contributed by atoms with Gasteiger partial charge in [0.15, 0.2) is 5.76 Å². The van der Waals surface area contributed by atoms with E-state index in [9.17, 15) is 9.59 Å². The number of carbonyl (C=O) groups is 2. The fraction of sp³-hybridized carbons (Fsp3) is 0.222. The van der Waals surface area contributed by atoms with Crippen LogP contribution < -0.4 is 10.2 Å². The molecular formula is C27H25ClN4O3. The number of halogens is 1. The lowest BCUT2D eigenvalue weighted by atomic mass is 9.93. The summed E-state index contributed by atoms with van der Waals surface area (Å²) in [7, 11) is 0. The zero-order valence-corrected chi connectivity index (χ0v) is 20.5. The quantitative estimate of drug-likeness (QED) is 0.421. The van der Waals surface area contributed by atoms with E-state index in [4.69, 9.17) is 16.0 Å². The molecule has 2 aromatic heterocycles. The molecule has 3 heterocycles. The standard InChI is InChI=1S/C27H25ClN4O3/c1-17-7-4-8-19(13-17)15-29-26(34)27(3)16-31-23(14-21(30-31)24-11-6-12-35-24)25(33)32(27)22-10-5-9-20(28)18(22)2/h4-14H,15-16H2,1-3H3,(H,29,34)/t27-/m1/s1. The first kappa shape index (κ1) is 22.9. The molecule has 2 amide bonds. The summed E-state index contributed by atoms with van der Waals surface area (Å²) >= 11 is 6.41. The maximum Gasteiger partial charge on any atom is 0.277 e. The minimum absolute atomic E-state index is 0.167. The van der Waals surface area contributed by atoms with Crippen molar-refractivity contribution >= 4 is 29.1 Å². The zero-order chi connectivity index (χ0) is 24.7. The van der Waals surface area contributed by atoms with Crippen LogP contribution in [0.25, 0.3) is 11.5 Å². The van der Waals surface area contributed by atoms with Crippen LogP contribution in [0, 0.1) is 13.8 Å². The molecule has 0 saturated carbocycles. The fourth-order valence-corrected chi connectivity index (χ4v) is 4.71. The highest BCUT2D eigenvalue weighted by Gasteiger charge is 2.49. The maximum absolute atomic E-state index is 13.9. The molecule has 0 aliphatic carbocycles. The third-order valence-electron chi connectivity index (χ3n) is 6.43. The van der Waals surface area contributed by atoms with Gasteiger partial charge < -0.3 is 9.73 Å². The Morgan fingerprint density at radius 3 is 2.69 bits per heavy atom. The number of amides is 2.